The Hall–Kier alpha value is -1.49. The van der Waals surface area contributed by atoms with Crippen molar-refractivity contribution in [1.82, 2.24) is 4.90 Å². The molecule has 2 rings (SSSR count). The molecule has 1 aliphatic heterocycles. The highest BCUT2D eigenvalue weighted by molar-refractivity contribution is 5.94. The fourth-order valence-electron chi connectivity index (χ4n) is 2.56. The lowest BCUT2D eigenvalue weighted by Crippen LogP contribution is -2.40. The smallest absolute Gasteiger partial charge is 0.256 e. The number of carbonyl (C=O) groups excluding carboxylic acids is 1. The third-order valence-electron chi connectivity index (χ3n) is 3.56. The first-order valence-corrected chi connectivity index (χ1v) is 6.57. The van der Waals surface area contributed by atoms with Gasteiger partial charge in [0.05, 0.1) is 5.56 Å². The minimum absolute atomic E-state index is 0.187. The molecular weight excluding hydrogens is 250 g/mol. The van der Waals surface area contributed by atoms with Crippen molar-refractivity contribution in [2.45, 2.75) is 19.3 Å². The van der Waals surface area contributed by atoms with Crippen molar-refractivity contribution in [3.63, 3.8) is 0 Å². The molecule has 0 saturated carbocycles. The van der Waals surface area contributed by atoms with Crippen LogP contribution in [0, 0.1) is 17.6 Å². The molecule has 19 heavy (non-hydrogen) atoms. The molecule has 5 heteroatoms. The predicted octanol–water partition coefficient (Wildman–Crippen LogP) is 2.17. The van der Waals surface area contributed by atoms with Gasteiger partial charge in [-0.05, 0) is 43.9 Å². The Balaban J connectivity index is 2.12. The van der Waals surface area contributed by atoms with E-state index in [1.54, 1.807) is 4.90 Å². The number of benzene rings is 1. The molecule has 1 aliphatic rings. The monoisotopic (exact) mass is 268 g/mol. The number of nitrogens with two attached hydrogens (primary N) is 1. The zero-order valence-corrected chi connectivity index (χ0v) is 10.7. The Morgan fingerprint density at radius 1 is 1.42 bits per heavy atom. The summed E-state index contributed by atoms with van der Waals surface area (Å²) >= 11 is 0. The topological polar surface area (TPSA) is 46.3 Å². The van der Waals surface area contributed by atoms with Crippen LogP contribution in [-0.2, 0) is 0 Å². The fraction of sp³-hybridized carbons (Fsp3) is 0.500. The Labute approximate surface area is 111 Å². The lowest BCUT2D eigenvalue weighted by atomic mass is 9.94. The lowest BCUT2D eigenvalue weighted by Gasteiger charge is -2.32. The number of piperidine rings is 1. The maximum atomic E-state index is 13.6. The number of rotatable bonds is 3. The second kappa shape index (κ2) is 6.10. The van der Waals surface area contributed by atoms with Crippen LogP contribution in [0.4, 0.5) is 8.78 Å². The number of amides is 1. The number of halogens is 2. The molecule has 1 saturated heterocycles. The van der Waals surface area contributed by atoms with Crippen LogP contribution < -0.4 is 5.73 Å². The van der Waals surface area contributed by atoms with E-state index >= 15 is 0 Å². The first kappa shape index (κ1) is 13.9. The van der Waals surface area contributed by atoms with Crippen LogP contribution in [0.2, 0.25) is 0 Å². The van der Waals surface area contributed by atoms with Crippen molar-refractivity contribution >= 4 is 5.91 Å². The molecule has 0 spiro atoms. The van der Waals surface area contributed by atoms with E-state index in [-0.39, 0.29) is 5.56 Å². The minimum atomic E-state index is -1.06. The summed E-state index contributed by atoms with van der Waals surface area (Å²) in [6.07, 6.45) is 2.77. The Bertz CT molecular complexity index is 463. The van der Waals surface area contributed by atoms with Gasteiger partial charge in [0.15, 0.2) is 11.6 Å². The van der Waals surface area contributed by atoms with Crippen LogP contribution in [0.15, 0.2) is 18.2 Å². The van der Waals surface area contributed by atoms with Crippen molar-refractivity contribution in [3.8, 4) is 0 Å². The Kier molecular flexibility index (Phi) is 4.47. The van der Waals surface area contributed by atoms with Gasteiger partial charge < -0.3 is 10.6 Å². The number of likely N-dealkylation sites (tertiary alicyclic amines) is 1. The average Bonchev–Trinajstić information content (AvgIpc) is 2.42. The van der Waals surface area contributed by atoms with Gasteiger partial charge >= 0.3 is 0 Å². The van der Waals surface area contributed by atoms with Crippen LogP contribution in [0.3, 0.4) is 0 Å². The summed E-state index contributed by atoms with van der Waals surface area (Å²) in [5.74, 6) is -2.12. The third kappa shape index (κ3) is 3.10. The molecule has 1 atom stereocenters. The van der Waals surface area contributed by atoms with Crippen molar-refractivity contribution in [1.29, 1.82) is 0 Å². The van der Waals surface area contributed by atoms with Crippen molar-refractivity contribution in [2.75, 3.05) is 19.6 Å². The van der Waals surface area contributed by atoms with Gasteiger partial charge in [0, 0.05) is 13.1 Å². The minimum Gasteiger partial charge on any atom is -0.338 e. The van der Waals surface area contributed by atoms with Gasteiger partial charge in [-0.1, -0.05) is 6.07 Å². The van der Waals surface area contributed by atoms with Gasteiger partial charge in [-0.25, -0.2) is 8.78 Å². The summed E-state index contributed by atoms with van der Waals surface area (Å²) in [5, 5.41) is 0. The third-order valence-corrected chi connectivity index (χ3v) is 3.56. The van der Waals surface area contributed by atoms with E-state index in [2.05, 4.69) is 0 Å². The number of carbonyl (C=O) groups is 1. The molecule has 1 unspecified atom stereocenters. The van der Waals surface area contributed by atoms with Gasteiger partial charge in [-0.2, -0.15) is 0 Å². The van der Waals surface area contributed by atoms with Crippen LogP contribution in [0.25, 0.3) is 0 Å². The molecule has 104 valence electrons. The highest BCUT2D eigenvalue weighted by atomic mass is 19.2. The summed E-state index contributed by atoms with van der Waals surface area (Å²) in [6, 6.07) is 3.69. The molecule has 1 heterocycles. The summed E-state index contributed by atoms with van der Waals surface area (Å²) in [4.78, 5) is 13.8. The van der Waals surface area contributed by atoms with Crippen LogP contribution in [0.5, 0.6) is 0 Å². The van der Waals surface area contributed by atoms with E-state index < -0.39 is 17.5 Å². The summed E-state index contributed by atoms with van der Waals surface area (Å²) in [5.41, 5.74) is 5.34. The largest absolute Gasteiger partial charge is 0.338 e. The second-order valence-corrected chi connectivity index (χ2v) is 4.94. The average molecular weight is 268 g/mol. The van der Waals surface area contributed by atoms with Crippen LogP contribution in [0.1, 0.15) is 29.6 Å². The summed E-state index contributed by atoms with van der Waals surface area (Å²) in [6.45, 7) is 1.75. The highest BCUT2D eigenvalue weighted by Gasteiger charge is 2.26. The standard InChI is InChI=1S/C14H18F2N2O/c15-12-5-1-4-11(13(12)16)14(19)18-8-2-3-10(9-18)6-7-17/h1,4-5,10H,2-3,6-9,17H2. The molecule has 1 fully saturated rings. The maximum absolute atomic E-state index is 13.6. The van der Waals surface area contributed by atoms with E-state index in [9.17, 15) is 13.6 Å². The zero-order valence-electron chi connectivity index (χ0n) is 10.7. The lowest BCUT2D eigenvalue weighted by molar-refractivity contribution is 0.0663. The summed E-state index contributed by atoms with van der Waals surface area (Å²) in [7, 11) is 0. The Morgan fingerprint density at radius 3 is 2.95 bits per heavy atom. The van der Waals surface area contributed by atoms with Crippen molar-refractivity contribution in [3.05, 3.63) is 35.4 Å². The molecule has 2 N–H and O–H groups in total. The van der Waals surface area contributed by atoms with E-state index in [4.69, 9.17) is 5.73 Å². The van der Waals surface area contributed by atoms with Gasteiger partial charge in [-0.3, -0.25) is 4.79 Å². The molecular formula is C14H18F2N2O. The quantitative estimate of drug-likeness (QED) is 0.913. The first-order valence-electron chi connectivity index (χ1n) is 6.57. The number of hydrogen-bond acceptors (Lipinski definition) is 2. The molecule has 0 radical (unpaired) electrons. The highest BCUT2D eigenvalue weighted by Crippen LogP contribution is 2.22. The molecule has 0 bridgehead atoms. The predicted molar refractivity (Wildman–Crippen MR) is 68.7 cm³/mol. The Morgan fingerprint density at radius 2 is 2.21 bits per heavy atom. The van der Waals surface area contributed by atoms with Gasteiger partial charge in [-0.15, -0.1) is 0 Å². The van der Waals surface area contributed by atoms with Gasteiger partial charge in [0.1, 0.15) is 0 Å². The van der Waals surface area contributed by atoms with E-state index in [0.29, 0.717) is 25.6 Å². The fourth-order valence-corrected chi connectivity index (χ4v) is 2.56. The van der Waals surface area contributed by atoms with Crippen molar-refractivity contribution < 1.29 is 13.6 Å². The van der Waals surface area contributed by atoms with E-state index in [1.807, 2.05) is 0 Å². The SMILES string of the molecule is NCCC1CCCN(C(=O)c2cccc(F)c2F)C1. The molecule has 1 amide bonds. The van der Waals surface area contributed by atoms with Gasteiger partial charge in [0.2, 0.25) is 0 Å². The van der Waals surface area contributed by atoms with Crippen LogP contribution >= 0.6 is 0 Å². The first-order chi connectivity index (χ1) is 9.13. The van der Waals surface area contributed by atoms with E-state index in [0.717, 1.165) is 25.3 Å². The molecule has 1 aromatic rings. The van der Waals surface area contributed by atoms with Crippen molar-refractivity contribution in [2.24, 2.45) is 11.7 Å². The second-order valence-electron chi connectivity index (χ2n) is 4.94. The number of hydrogen-bond donors (Lipinski definition) is 1. The molecule has 1 aromatic carbocycles. The zero-order chi connectivity index (χ0) is 13.8. The molecule has 0 aromatic heterocycles. The molecule has 0 aliphatic carbocycles. The summed E-state index contributed by atoms with van der Waals surface area (Å²) < 4.78 is 26.8. The van der Waals surface area contributed by atoms with E-state index in [1.165, 1.54) is 12.1 Å². The normalized spacial score (nSPS) is 19.5. The molecule has 3 nitrogen and oxygen atoms in total. The van der Waals surface area contributed by atoms with Gasteiger partial charge in [0.25, 0.3) is 5.91 Å². The van der Waals surface area contributed by atoms with Crippen LogP contribution in [-0.4, -0.2) is 30.4 Å². The number of nitrogens with zero attached hydrogens (tertiary/aromatic N) is 1. The maximum Gasteiger partial charge on any atom is 0.256 e.